The van der Waals surface area contributed by atoms with Gasteiger partial charge in [-0.15, -0.1) is 0 Å². The Morgan fingerprint density at radius 3 is 2.87 bits per heavy atom. The van der Waals surface area contributed by atoms with E-state index in [4.69, 9.17) is 0 Å². The van der Waals surface area contributed by atoms with E-state index in [1.807, 2.05) is 48.9 Å². The van der Waals surface area contributed by atoms with Crippen LogP contribution in [0.3, 0.4) is 0 Å². The summed E-state index contributed by atoms with van der Waals surface area (Å²) in [4.78, 5) is 16.6. The van der Waals surface area contributed by atoms with Crippen molar-refractivity contribution in [1.29, 1.82) is 0 Å². The number of aryl methyl sites for hydroxylation is 3. The molecular formula is C17H17BrN4O. The van der Waals surface area contributed by atoms with Gasteiger partial charge < -0.3 is 5.32 Å². The van der Waals surface area contributed by atoms with Crippen LogP contribution in [0.4, 0.5) is 5.69 Å². The number of carbonyl (C=O) groups excluding carboxylic acids is 1. The van der Waals surface area contributed by atoms with Crippen LogP contribution in [-0.2, 0) is 11.3 Å². The van der Waals surface area contributed by atoms with Crippen molar-refractivity contribution in [3.63, 3.8) is 0 Å². The van der Waals surface area contributed by atoms with E-state index in [0.29, 0.717) is 13.0 Å². The average molecular weight is 373 g/mol. The highest BCUT2D eigenvalue weighted by atomic mass is 79.9. The second-order valence-corrected chi connectivity index (χ2v) is 6.30. The zero-order valence-electron chi connectivity index (χ0n) is 13.0. The summed E-state index contributed by atoms with van der Waals surface area (Å²) in [7, 11) is 0. The van der Waals surface area contributed by atoms with E-state index < -0.39 is 0 Å². The lowest BCUT2D eigenvalue weighted by atomic mass is 10.2. The van der Waals surface area contributed by atoms with Gasteiger partial charge in [-0.1, -0.05) is 22.0 Å². The van der Waals surface area contributed by atoms with Gasteiger partial charge in [0.25, 0.3) is 0 Å². The van der Waals surface area contributed by atoms with Crippen LogP contribution in [0, 0.1) is 13.8 Å². The summed E-state index contributed by atoms with van der Waals surface area (Å²) in [5.41, 5.74) is 3.53. The summed E-state index contributed by atoms with van der Waals surface area (Å²) >= 11 is 3.50. The number of carbonyl (C=O) groups is 1. The normalized spacial score (nSPS) is 10.9. The van der Waals surface area contributed by atoms with E-state index in [2.05, 4.69) is 31.3 Å². The first kappa shape index (κ1) is 15.7. The molecule has 5 nitrogen and oxygen atoms in total. The lowest BCUT2D eigenvalue weighted by Crippen LogP contribution is -2.16. The van der Waals surface area contributed by atoms with Crippen molar-refractivity contribution in [3.8, 4) is 0 Å². The Bertz CT molecular complexity index is 872. The molecule has 2 heterocycles. The van der Waals surface area contributed by atoms with Crippen molar-refractivity contribution in [3.05, 3.63) is 52.4 Å². The minimum atomic E-state index is -0.0492. The van der Waals surface area contributed by atoms with Crippen LogP contribution in [0.1, 0.15) is 17.8 Å². The summed E-state index contributed by atoms with van der Waals surface area (Å²) in [5, 5.41) is 8.29. The first-order chi connectivity index (χ1) is 11.0. The summed E-state index contributed by atoms with van der Waals surface area (Å²) in [5.74, 6) is -0.0492. The zero-order valence-corrected chi connectivity index (χ0v) is 14.6. The fourth-order valence-corrected chi connectivity index (χ4v) is 3.01. The molecule has 0 atom stereocenters. The van der Waals surface area contributed by atoms with Gasteiger partial charge in [-0.05, 0) is 38.1 Å². The van der Waals surface area contributed by atoms with Crippen molar-refractivity contribution >= 4 is 38.4 Å². The Morgan fingerprint density at radius 2 is 2.13 bits per heavy atom. The molecule has 6 heteroatoms. The third-order valence-corrected chi connectivity index (χ3v) is 4.34. The molecule has 0 fully saturated rings. The Balaban J connectivity index is 1.73. The molecule has 0 bridgehead atoms. The zero-order chi connectivity index (χ0) is 16.4. The van der Waals surface area contributed by atoms with Gasteiger partial charge in [-0.25, -0.2) is 0 Å². The number of hydrogen-bond donors (Lipinski definition) is 1. The molecule has 0 saturated heterocycles. The number of benzene rings is 1. The Morgan fingerprint density at radius 1 is 1.30 bits per heavy atom. The average Bonchev–Trinajstić information content (AvgIpc) is 2.86. The standard InChI is InChI=1S/C17H17BrN4O/c1-11-10-12(2)22(21-11)9-7-16(23)20-15-6-5-14(18)13-4-3-8-19-17(13)15/h3-6,8,10H,7,9H2,1-2H3,(H,20,23). The monoisotopic (exact) mass is 372 g/mol. The summed E-state index contributed by atoms with van der Waals surface area (Å²) < 4.78 is 2.81. The molecule has 0 aliphatic carbocycles. The van der Waals surface area contributed by atoms with E-state index in [1.54, 1.807) is 6.20 Å². The van der Waals surface area contributed by atoms with Gasteiger partial charge in [-0.3, -0.25) is 14.5 Å². The van der Waals surface area contributed by atoms with Crippen molar-refractivity contribution in [2.45, 2.75) is 26.8 Å². The highest BCUT2D eigenvalue weighted by Crippen LogP contribution is 2.28. The largest absolute Gasteiger partial charge is 0.324 e. The number of hydrogen-bond acceptors (Lipinski definition) is 3. The fourth-order valence-electron chi connectivity index (χ4n) is 2.56. The second-order valence-electron chi connectivity index (χ2n) is 5.44. The molecule has 1 amide bonds. The van der Waals surface area contributed by atoms with Crippen molar-refractivity contribution in [2.75, 3.05) is 5.32 Å². The third kappa shape index (κ3) is 3.42. The predicted octanol–water partition coefficient (Wildman–Crippen LogP) is 3.84. The molecule has 3 rings (SSSR count). The maximum atomic E-state index is 12.2. The SMILES string of the molecule is Cc1cc(C)n(CCC(=O)Nc2ccc(Br)c3cccnc23)n1. The molecule has 1 aromatic carbocycles. The molecule has 0 saturated carbocycles. The number of nitrogens with zero attached hydrogens (tertiary/aromatic N) is 3. The number of aromatic nitrogens is 3. The number of fused-ring (bicyclic) bond motifs is 1. The smallest absolute Gasteiger partial charge is 0.226 e. The Hall–Kier alpha value is -2.21. The quantitative estimate of drug-likeness (QED) is 0.756. The van der Waals surface area contributed by atoms with Gasteiger partial charge in [0.05, 0.1) is 16.9 Å². The first-order valence-corrected chi connectivity index (χ1v) is 8.18. The van der Waals surface area contributed by atoms with Gasteiger partial charge in [0.1, 0.15) is 0 Å². The molecule has 23 heavy (non-hydrogen) atoms. The lowest BCUT2D eigenvalue weighted by molar-refractivity contribution is -0.116. The summed E-state index contributed by atoms with van der Waals surface area (Å²) in [6, 6.07) is 9.63. The van der Waals surface area contributed by atoms with Crippen LogP contribution in [0.5, 0.6) is 0 Å². The van der Waals surface area contributed by atoms with E-state index >= 15 is 0 Å². The van der Waals surface area contributed by atoms with Gasteiger partial charge in [-0.2, -0.15) is 5.10 Å². The predicted molar refractivity (Wildman–Crippen MR) is 94.4 cm³/mol. The Labute approximate surface area is 142 Å². The molecule has 0 spiro atoms. The highest BCUT2D eigenvalue weighted by Gasteiger charge is 2.10. The molecular weight excluding hydrogens is 356 g/mol. The van der Waals surface area contributed by atoms with Crippen LogP contribution in [0.2, 0.25) is 0 Å². The molecule has 0 unspecified atom stereocenters. The van der Waals surface area contributed by atoms with Crippen LogP contribution in [0.25, 0.3) is 10.9 Å². The van der Waals surface area contributed by atoms with Crippen LogP contribution < -0.4 is 5.32 Å². The van der Waals surface area contributed by atoms with Crippen molar-refractivity contribution < 1.29 is 4.79 Å². The molecule has 0 aliphatic heterocycles. The van der Waals surface area contributed by atoms with Crippen molar-refractivity contribution in [2.24, 2.45) is 0 Å². The first-order valence-electron chi connectivity index (χ1n) is 7.39. The number of amides is 1. The number of pyridine rings is 1. The molecule has 1 N–H and O–H groups in total. The number of rotatable bonds is 4. The number of halogens is 1. The fraction of sp³-hybridized carbons (Fsp3) is 0.235. The molecule has 3 aromatic rings. The van der Waals surface area contributed by atoms with Crippen LogP contribution in [-0.4, -0.2) is 20.7 Å². The maximum Gasteiger partial charge on any atom is 0.226 e. The minimum Gasteiger partial charge on any atom is -0.324 e. The minimum absolute atomic E-state index is 0.0492. The van der Waals surface area contributed by atoms with Crippen molar-refractivity contribution in [1.82, 2.24) is 14.8 Å². The van der Waals surface area contributed by atoms with Gasteiger partial charge in [0.2, 0.25) is 5.91 Å². The van der Waals surface area contributed by atoms with Gasteiger partial charge in [0, 0.05) is 34.7 Å². The summed E-state index contributed by atoms with van der Waals surface area (Å²) in [6.45, 7) is 4.50. The Kier molecular flexibility index (Phi) is 4.43. The molecule has 0 aliphatic rings. The summed E-state index contributed by atoms with van der Waals surface area (Å²) in [6.07, 6.45) is 2.09. The second kappa shape index (κ2) is 6.50. The topological polar surface area (TPSA) is 59.8 Å². The van der Waals surface area contributed by atoms with E-state index in [1.165, 1.54) is 0 Å². The number of nitrogens with one attached hydrogen (secondary N) is 1. The van der Waals surface area contributed by atoms with Crippen LogP contribution in [0.15, 0.2) is 41.0 Å². The molecule has 0 radical (unpaired) electrons. The van der Waals surface area contributed by atoms with E-state index in [-0.39, 0.29) is 5.91 Å². The van der Waals surface area contributed by atoms with E-state index in [9.17, 15) is 4.79 Å². The van der Waals surface area contributed by atoms with Gasteiger partial charge in [0.15, 0.2) is 0 Å². The highest BCUT2D eigenvalue weighted by molar-refractivity contribution is 9.10. The third-order valence-electron chi connectivity index (χ3n) is 3.64. The molecule has 2 aromatic heterocycles. The maximum absolute atomic E-state index is 12.2. The van der Waals surface area contributed by atoms with Crippen LogP contribution >= 0.6 is 15.9 Å². The van der Waals surface area contributed by atoms with Gasteiger partial charge >= 0.3 is 0 Å². The molecule has 118 valence electrons. The van der Waals surface area contributed by atoms with E-state index in [0.717, 1.165) is 32.5 Å². The number of anilines is 1. The lowest BCUT2D eigenvalue weighted by Gasteiger charge is -2.09.